The van der Waals surface area contributed by atoms with E-state index in [-0.39, 0.29) is 10.9 Å². The predicted octanol–water partition coefficient (Wildman–Crippen LogP) is 1.73. The van der Waals surface area contributed by atoms with Crippen molar-refractivity contribution < 1.29 is 8.42 Å². The minimum atomic E-state index is -3.54. The first-order valence-electron chi connectivity index (χ1n) is 5.53. The monoisotopic (exact) mass is 250 g/mol. The van der Waals surface area contributed by atoms with Crippen LogP contribution in [0.2, 0.25) is 0 Å². The van der Waals surface area contributed by atoms with Gasteiger partial charge in [-0.15, -0.1) is 0 Å². The fourth-order valence-corrected chi connectivity index (χ4v) is 3.82. The highest BCUT2D eigenvalue weighted by molar-refractivity contribution is 7.92. The van der Waals surface area contributed by atoms with Crippen LogP contribution >= 0.6 is 0 Å². The zero-order chi connectivity index (χ0) is 12.6. The highest BCUT2D eigenvalue weighted by Gasteiger charge is 2.38. The fourth-order valence-electron chi connectivity index (χ4n) is 2.05. The van der Waals surface area contributed by atoms with Crippen LogP contribution in [0.25, 0.3) is 0 Å². The average Bonchev–Trinajstić information content (AvgIpc) is 2.28. The number of fused-ring (bicyclic) bond motifs is 1. The van der Waals surface area contributed by atoms with E-state index in [1.165, 1.54) is 0 Å². The normalized spacial score (nSPS) is 25.5. The summed E-state index contributed by atoms with van der Waals surface area (Å²) in [5.74, 6) is 0. The number of aryl methyl sites for hydroxylation is 1. The van der Waals surface area contributed by atoms with Gasteiger partial charge in [-0.2, -0.15) is 5.26 Å². The summed E-state index contributed by atoms with van der Waals surface area (Å²) >= 11 is 0. The second kappa shape index (κ2) is 4.04. The first-order chi connectivity index (χ1) is 8.00. The van der Waals surface area contributed by atoms with Crippen LogP contribution in [0.15, 0.2) is 23.1 Å². The maximum Gasteiger partial charge on any atom is 0.198 e. The molecule has 17 heavy (non-hydrogen) atoms. The molecule has 1 aliphatic heterocycles. The number of nitriles is 1. The quantitative estimate of drug-likeness (QED) is 0.824. The Morgan fingerprint density at radius 3 is 2.76 bits per heavy atom. The molecule has 0 saturated carbocycles. The van der Waals surface area contributed by atoms with Crippen LogP contribution < -0.4 is 5.32 Å². The van der Waals surface area contributed by atoms with Crippen molar-refractivity contribution in [2.75, 3.05) is 5.32 Å². The molecule has 2 atom stereocenters. The third-order valence-electron chi connectivity index (χ3n) is 3.06. The number of anilines is 1. The maximum absolute atomic E-state index is 12.3. The van der Waals surface area contributed by atoms with E-state index in [1.54, 1.807) is 19.1 Å². The van der Waals surface area contributed by atoms with Crippen LogP contribution in [0, 0.1) is 11.3 Å². The van der Waals surface area contributed by atoms with Gasteiger partial charge in [0.25, 0.3) is 0 Å². The number of benzene rings is 1. The van der Waals surface area contributed by atoms with Gasteiger partial charge in [-0.3, -0.25) is 0 Å². The molecule has 1 aliphatic rings. The Bertz CT molecular complexity index is 587. The van der Waals surface area contributed by atoms with Gasteiger partial charge in [0.2, 0.25) is 0 Å². The first kappa shape index (κ1) is 11.9. The summed E-state index contributed by atoms with van der Waals surface area (Å²) in [6.45, 7) is 3.68. The molecule has 2 unspecified atom stereocenters. The van der Waals surface area contributed by atoms with Crippen LogP contribution in [0.4, 0.5) is 5.69 Å². The smallest absolute Gasteiger partial charge is 0.198 e. The second-order valence-corrected chi connectivity index (χ2v) is 6.25. The summed E-state index contributed by atoms with van der Waals surface area (Å²) in [5.41, 5.74) is 1.56. The van der Waals surface area contributed by atoms with E-state index in [1.807, 2.05) is 19.1 Å². The van der Waals surface area contributed by atoms with Gasteiger partial charge in [0.05, 0.1) is 22.7 Å². The summed E-state index contributed by atoms with van der Waals surface area (Å²) < 4.78 is 24.5. The van der Waals surface area contributed by atoms with Crippen molar-refractivity contribution in [3.8, 4) is 6.07 Å². The molecule has 0 bridgehead atoms. The van der Waals surface area contributed by atoms with E-state index in [2.05, 4.69) is 5.32 Å². The highest BCUT2D eigenvalue weighted by Crippen LogP contribution is 2.33. The van der Waals surface area contributed by atoms with Crippen molar-refractivity contribution in [1.29, 1.82) is 5.26 Å². The van der Waals surface area contributed by atoms with Gasteiger partial charge in [-0.1, -0.05) is 13.0 Å². The maximum atomic E-state index is 12.3. The summed E-state index contributed by atoms with van der Waals surface area (Å²) in [6, 6.07) is 6.83. The SMILES string of the molecule is CCc1ccc2c(c1)S(=O)(=O)C(C#N)C(C)N2. The number of nitrogens with zero attached hydrogens (tertiary/aromatic N) is 1. The summed E-state index contributed by atoms with van der Waals surface area (Å²) in [4.78, 5) is 0.251. The van der Waals surface area contributed by atoms with E-state index in [0.717, 1.165) is 12.0 Å². The van der Waals surface area contributed by atoms with E-state index in [0.29, 0.717) is 5.69 Å². The first-order valence-corrected chi connectivity index (χ1v) is 7.08. The molecular formula is C12H14N2O2S. The van der Waals surface area contributed by atoms with Gasteiger partial charge in [0.15, 0.2) is 15.1 Å². The Labute approximate surface area is 101 Å². The van der Waals surface area contributed by atoms with Crippen LogP contribution in [-0.4, -0.2) is 19.7 Å². The van der Waals surface area contributed by atoms with Crippen molar-refractivity contribution in [3.05, 3.63) is 23.8 Å². The minimum Gasteiger partial charge on any atom is -0.379 e. The molecular weight excluding hydrogens is 236 g/mol. The van der Waals surface area contributed by atoms with E-state index in [9.17, 15) is 8.42 Å². The lowest BCUT2D eigenvalue weighted by Crippen LogP contribution is -2.40. The van der Waals surface area contributed by atoms with Gasteiger partial charge < -0.3 is 5.32 Å². The predicted molar refractivity (Wildman–Crippen MR) is 65.5 cm³/mol. The summed E-state index contributed by atoms with van der Waals surface area (Å²) in [5, 5.41) is 11.0. The standard InChI is InChI=1S/C12H14N2O2S/c1-3-9-4-5-10-11(6-9)17(15,16)12(7-13)8(2)14-10/h4-6,8,12,14H,3H2,1-2H3. The third kappa shape index (κ3) is 1.79. The van der Waals surface area contributed by atoms with E-state index >= 15 is 0 Å². The second-order valence-electron chi connectivity index (χ2n) is 4.21. The molecule has 1 aromatic rings. The average molecular weight is 250 g/mol. The molecule has 0 amide bonds. The van der Waals surface area contributed by atoms with Crippen molar-refractivity contribution >= 4 is 15.5 Å². The Morgan fingerprint density at radius 1 is 1.47 bits per heavy atom. The molecule has 1 N–H and O–H groups in total. The van der Waals surface area contributed by atoms with E-state index in [4.69, 9.17) is 5.26 Å². The van der Waals surface area contributed by atoms with Crippen molar-refractivity contribution in [2.24, 2.45) is 0 Å². The topological polar surface area (TPSA) is 70.0 Å². The minimum absolute atomic E-state index is 0.251. The molecule has 1 aromatic carbocycles. The highest BCUT2D eigenvalue weighted by atomic mass is 32.2. The molecule has 0 saturated heterocycles. The zero-order valence-electron chi connectivity index (χ0n) is 9.77. The number of hydrogen-bond acceptors (Lipinski definition) is 4. The van der Waals surface area contributed by atoms with Gasteiger partial charge in [0, 0.05) is 0 Å². The number of hydrogen-bond donors (Lipinski definition) is 1. The molecule has 0 fully saturated rings. The molecule has 1 heterocycles. The zero-order valence-corrected chi connectivity index (χ0v) is 10.6. The van der Waals surface area contributed by atoms with Crippen LogP contribution in [0.3, 0.4) is 0 Å². The third-order valence-corrected chi connectivity index (χ3v) is 5.19. The Balaban J connectivity index is 2.65. The molecule has 4 nitrogen and oxygen atoms in total. The van der Waals surface area contributed by atoms with Crippen LogP contribution in [0.1, 0.15) is 19.4 Å². The van der Waals surface area contributed by atoms with E-state index < -0.39 is 15.1 Å². The van der Waals surface area contributed by atoms with Crippen molar-refractivity contribution in [3.63, 3.8) is 0 Å². The summed E-state index contributed by atoms with van der Waals surface area (Å²) in [7, 11) is -3.54. The van der Waals surface area contributed by atoms with Gasteiger partial charge >= 0.3 is 0 Å². The lowest BCUT2D eigenvalue weighted by Gasteiger charge is -2.28. The van der Waals surface area contributed by atoms with Gasteiger partial charge in [-0.25, -0.2) is 8.42 Å². The molecule has 0 radical (unpaired) electrons. The largest absolute Gasteiger partial charge is 0.379 e. The molecule has 0 aliphatic carbocycles. The molecule has 5 heteroatoms. The lowest BCUT2D eigenvalue weighted by molar-refractivity contribution is 0.578. The Morgan fingerprint density at radius 2 is 2.18 bits per heavy atom. The molecule has 2 rings (SSSR count). The van der Waals surface area contributed by atoms with Crippen LogP contribution in [0.5, 0.6) is 0 Å². The molecule has 0 spiro atoms. The lowest BCUT2D eigenvalue weighted by atomic mass is 10.1. The van der Waals surface area contributed by atoms with Gasteiger partial charge in [-0.05, 0) is 31.0 Å². The van der Waals surface area contributed by atoms with Crippen molar-refractivity contribution in [1.82, 2.24) is 0 Å². The van der Waals surface area contributed by atoms with Gasteiger partial charge in [0.1, 0.15) is 0 Å². The Kier molecular flexibility index (Phi) is 2.84. The number of sulfone groups is 1. The molecule has 0 aromatic heterocycles. The Hall–Kier alpha value is -1.54. The number of nitrogens with one attached hydrogen (secondary N) is 1. The molecule has 90 valence electrons. The summed E-state index contributed by atoms with van der Waals surface area (Å²) in [6.07, 6.45) is 0.773. The fraction of sp³-hybridized carbons (Fsp3) is 0.417. The van der Waals surface area contributed by atoms with Crippen molar-refractivity contribution in [2.45, 2.75) is 36.5 Å². The number of rotatable bonds is 1. The van der Waals surface area contributed by atoms with Crippen LogP contribution in [-0.2, 0) is 16.3 Å².